The Kier molecular flexibility index (Phi) is 4.92. The summed E-state index contributed by atoms with van der Waals surface area (Å²) in [4.78, 5) is 11.2. The Balaban J connectivity index is 2.63. The molecule has 0 bridgehead atoms. The number of carbonyl (C=O) groups excluding carboxylic acids is 1. The molecule has 0 aromatic carbocycles. The number of pyridine rings is 1. The molecular formula is C10H15N4O2S+. The molecule has 1 heterocycles. The first-order chi connectivity index (χ1) is 8.00. The average molecular weight is 255 g/mol. The van der Waals surface area contributed by atoms with E-state index in [1.54, 1.807) is 48.3 Å². The summed E-state index contributed by atoms with van der Waals surface area (Å²) < 4.78 is 3.36. The lowest BCUT2D eigenvalue weighted by atomic mass is 10.3. The van der Waals surface area contributed by atoms with Crippen LogP contribution < -0.4 is 9.99 Å². The lowest BCUT2D eigenvalue weighted by molar-refractivity contribution is -0.672. The number of aryl methyl sites for hydroxylation is 1. The summed E-state index contributed by atoms with van der Waals surface area (Å²) in [5.41, 5.74) is 2.86. The number of rotatable bonds is 3. The van der Waals surface area contributed by atoms with E-state index in [2.05, 4.69) is 10.5 Å². The predicted octanol–water partition coefficient (Wildman–Crippen LogP) is 0.470. The molecule has 0 atom stereocenters. The van der Waals surface area contributed by atoms with E-state index in [0.29, 0.717) is 5.69 Å². The maximum atomic E-state index is 11.2. The van der Waals surface area contributed by atoms with Gasteiger partial charge in [0, 0.05) is 18.0 Å². The molecule has 0 spiro atoms. The fourth-order valence-corrected chi connectivity index (χ4v) is 1.52. The molecule has 0 aliphatic carbocycles. The van der Waals surface area contributed by atoms with Crippen molar-refractivity contribution in [3.8, 4) is 5.75 Å². The van der Waals surface area contributed by atoms with Crippen LogP contribution in [0.15, 0.2) is 23.4 Å². The van der Waals surface area contributed by atoms with Crippen molar-refractivity contribution in [3.05, 3.63) is 24.0 Å². The molecule has 17 heavy (non-hydrogen) atoms. The molecule has 0 fully saturated rings. The topological polar surface area (TPSA) is 68.8 Å². The van der Waals surface area contributed by atoms with Crippen molar-refractivity contribution in [1.82, 2.24) is 9.73 Å². The summed E-state index contributed by atoms with van der Waals surface area (Å²) in [6.07, 6.45) is 3.17. The number of amides is 1. The lowest BCUT2D eigenvalue weighted by Crippen LogP contribution is -2.33. The van der Waals surface area contributed by atoms with Crippen LogP contribution >= 0.6 is 11.9 Å². The van der Waals surface area contributed by atoms with E-state index in [1.807, 2.05) is 0 Å². The van der Waals surface area contributed by atoms with Crippen LogP contribution in [-0.2, 0) is 7.05 Å². The Morgan fingerprint density at radius 2 is 2.35 bits per heavy atom. The molecule has 92 valence electrons. The van der Waals surface area contributed by atoms with Crippen molar-refractivity contribution < 1.29 is 14.5 Å². The van der Waals surface area contributed by atoms with Gasteiger partial charge < -0.3 is 5.11 Å². The summed E-state index contributed by atoms with van der Waals surface area (Å²) in [5, 5.41) is 13.0. The van der Waals surface area contributed by atoms with E-state index in [4.69, 9.17) is 0 Å². The number of aromatic hydroxyl groups is 1. The van der Waals surface area contributed by atoms with E-state index in [-0.39, 0.29) is 11.0 Å². The summed E-state index contributed by atoms with van der Waals surface area (Å²) >= 11 is 0.998. The molecule has 7 heteroatoms. The van der Waals surface area contributed by atoms with Gasteiger partial charge in [0.05, 0.1) is 0 Å². The summed E-state index contributed by atoms with van der Waals surface area (Å²) in [7, 11) is 5.30. The second kappa shape index (κ2) is 6.21. The number of nitrogens with zero attached hydrogens (tertiary/aromatic N) is 3. The lowest BCUT2D eigenvalue weighted by Gasteiger charge is -2.04. The molecule has 0 aliphatic rings. The Morgan fingerprint density at radius 1 is 1.65 bits per heavy atom. The van der Waals surface area contributed by atoms with Gasteiger partial charge in [-0.15, -0.1) is 0 Å². The van der Waals surface area contributed by atoms with Gasteiger partial charge >= 0.3 is 5.24 Å². The van der Waals surface area contributed by atoms with E-state index >= 15 is 0 Å². The minimum Gasteiger partial charge on any atom is -0.502 e. The minimum atomic E-state index is -0.288. The van der Waals surface area contributed by atoms with Crippen LogP contribution in [0.4, 0.5) is 4.79 Å². The molecule has 0 saturated heterocycles. The van der Waals surface area contributed by atoms with Gasteiger partial charge in [-0.2, -0.15) is 9.67 Å². The molecule has 1 aromatic rings. The third kappa shape index (κ3) is 4.41. The highest BCUT2D eigenvalue weighted by Gasteiger charge is 2.09. The van der Waals surface area contributed by atoms with Gasteiger partial charge in [0.25, 0.3) is 5.69 Å². The van der Waals surface area contributed by atoms with E-state index in [0.717, 1.165) is 11.9 Å². The van der Waals surface area contributed by atoms with Crippen LogP contribution in [0.25, 0.3) is 0 Å². The molecule has 1 aromatic heterocycles. The zero-order valence-electron chi connectivity index (χ0n) is 9.91. The predicted molar refractivity (Wildman–Crippen MR) is 66.7 cm³/mol. The van der Waals surface area contributed by atoms with Gasteiger partial charge in [0.15, 0.2) is 11.9 Å². The van der Waals surface area contributed by atoms with Crippen molar-refractivity contribution in [2.45, 2.75) is 0 Å². The third-order valence-corrected chi connectivity index (χ3v) is 2.44. The van der Waals surface area contributed by atoms with Gasteiger partial charge in [0.1, 0.15) is 13.3 Å². The number of hydrazone groups is 1. The van der Waals surface area contributed by atoms with Crippen LogP contribution in [0.3, 0.4) is 0 Å². The fourth-order valence-electron chi connectivity index (χ4n) is 1.10. The molecule has 0 aliphatic heterocycles. The van der Waals surface area contributed by atoms with Crippen molar-refractivity contribution in [1.29, 1.82) is 0 Å². The maximum absolute atomic E-state index is 11.2. The summed E-state index contributed by atoms with van der Waals surface area (Å²) in [6.45, 7) is 0. The molecular weight excluding hydrogens is 240 g/mol. The summed E-state index contributed by atoms with van der Waals surface area (Å²) in [5.74, 6) is 0.105. The Labute approximate surface area is 104 Å². The first kappa shape index (κ1) is 13.5. The molecule has 6 nitrogen and oxygen atoms in total. The van der Waals surface area contributed by atoms with Crippen molar-refractivity contribution in [3.63, 3.8) is 0 Å². The largest absolute Gasteiger partial charge is 0.502 e. The van der Waals surface area contributed by atoms with Gasteiger partial charge in [0.2, 0.25) is 0 Å². The number of hydrogen-bond acceptors (Lipinski definition) is 5. The highest BCUT2D eigenvalue weighted by atomic mass is 32.2. The highest BCUT2D eigenvalue weighted by Crippen LogP contribution is 2.08. The van der Waals surface area contributed by atoms with Crippen molar-refractivity contribution in [2.24, 2.45) is 12.1 Å². The molecule has 0 unspecified atom stereocenters. The normalized spacial score (nSPS) is 11.1. The van der Waals surface area contributed by atoms with Crippen LogP contribution in [0.5, 0.6) is 5.75 Å². The van der Waals surface area contributed by atoms with Crippen molar-refractivity contribution >= 4 is 23.4 Å². The smallest absolute Gasteiger partial charge is 0.314 e. The van der Waals surface area contributed by atoms with E-state index in [9.17, 15) is 9.90 Å². The molecule has 0 saturated carbocycles. The number of nitrogens with one attached hydrogen (secondary N) is 1. The number of carbonyl (C=O) groups is 1. The maximum Gasteiger partial charge on any atom is 0.314 e. The molecule has 2 N–H and O–H groups in total. The number of aromatic nitrogens is 1. The van der Waals surface area contributed by atoms with Gasteiger partial charge in [-0.25, -0.2) is 9.73 Å². The average Bonchev–Trinajstić information content (AvgIpc) is 2.21. The van der Waals surface area contributed by atoms with Crippen LogP contribution in [0.1, 0.15) is 5.69 Å². The second-order valence-electron chi connectivity index (χ2n) is 3.45. The first-order valence-corrected chi connectivity index (χ1v) is 5.64. The molecule has 0 radical (unpaired) electrons. The zero-order chi connectivity index (χ0) is 12.8. The Hall–Kier alpha value is -1.60. The Bertz CT molecular complexity index is 414. The zero-order valence-corrected chi connectivity index (χ0v) is 10.7. The summed E-state index contributed by atoms with van der Waals surface area (Å²) in [6, 6.07) is 3.27. The van der Waals surface area contributed by atoms with E-state index in [1.165, 1.54) is 6.21 Å². The SMILES string of the molecule is CN(C)SC(=O)N/N=C/c1c(O)ccc[n+]1C. The molecule has 1 rings (SSSR count). The van der Waals surface area contributed by atoms with Crippen molar-refractivity contribution in [2.75, 3.05) is 14.1 Å². The molecule has 1 amide bonds. The van der Waals surface area contributed by atoms with Crippen LogP contribution in [0, 0.1) is 0 Å². The van der Waals surface area contributed by atoms with Crippen LogP contribution in [0.2, 0.25) is 0 Å². The fraction of sp³-hybridized carbons (Fsp3) is 0.300. The van der Waals surface area contributed by atoms with Gasteiger partial charge in [-0.3, -0.25) is 4.79 Å². The van der Waals surface area contributed by atoms with Gasteiger partial charge in [-0.1, -0.05) is 0 Å². The third-order valence-electron chi connectivity index (χ3n) is 1.81. The second-order valence-corrected chi connectivity index (χ2v) is 4.73. The van der Waals surface area contributed by atoms with Crippen LogP contribution in [-0.4, -0.2) is 35.0 Å². The van der Waals surface area contributed by atoms with E-state index < -0.39 is 0 Å². The minimum absolute atomic E-state index is 0.105. The standard InChI is InChI=1S/C10H14N4O2S/c1-13(2)17-10(16)12-11-7-8-9(15)5-4-6-14(8)3/h4-7,15H,1-3H3/p+1. The van der Waals surface area contributed by atoms with Gasteiger partial charge in [-0.05, 0) is 20.2 Å². The highest BCUT2D eigenvalue weighted by molar-refractivity contribution is 8.11. The number of hydrogen-bond donors (Lipinski definition) is 2. The monoisotopic (exact) mass is 255 g/mol. The Morgan fingerprint density at radius 3 is 2.94 bits per heavy atom. The quantitative estimate of drug-likeness (QED) is 0.356. The first-order valence-electron chi connectivity index (χ1n) is 4.86.